The lowest BCUT2D eigenvalue weighted by atomic mass is 10.1. The van der Waals surface area contributed by atoms with Crippen molar-refractivity contribution in [2.24, 2.45) is 0 Å². The summed E-state index contributed by atoms with van der Waals surface area (Å²) in [6.07, 6.45) is 13.5. The summed E-state index contributed by atoms with van der Waals surface area (Å²) in [5.74, 6) is 0.694. The van der Waals surface area contributed by atoms with Crippen LogP contribution in [0.1, 0.15) is 119 Å². The number of hydrogen-bond acceptors (Lipinski definition) is 3. The molecule has 3 atom stereocenters. The lowest BCUT2D eigenvalue weighted by Crippen LogP contribution is -2.41. The second-order valence-electron chi connectivity index (χ2n) is 10.1. The normalized spacial score (nSPS) is 22.0. The molecule has 5 nitrogen and oxygen atoms in total. The van der Waals surface area contributed by atoms with Crippen LogP contribution in [-0.2, 0) is 9.59 Å². The molecule has 5 heteroatoms. The van der Waals surface area contributed by atoms with Gasteiger partial charge in [0.2, 0.25) is 11.8 Å². The first-order chi connectivity index (χ1) is 15.8. The highest BCUT2D eigenvalue weighted by molar-refractivity contribution is 5.78. The largest absolute Gasteiger partial charge is 0.373 e. The van der Waals surface area contributed by atoms with Crippen molar-refractivity contribution in [3.8, 4) is 0 Å². The second kappa shape index (κ2) is 16.2. The van der Waals surface area contributed by atoms with E-state index in [0.29, 0.717) is 29.9 Å². The van der Waals surface area contributed by atoms with Crippen molar-refractivity contribution >= 4 is 11.8 Å². The zero-order valence-electron chi connectivity index (χ0n) is 22.7. The quantitative estimate of drug-likeness (QED) is 0.459. The molecule has 3 aliphatic heterocycles. The van der Waals surface area contributed by atoms with Crippen LogP contribution in [0.4, 0.5) is 0 Å². The van der Waals surface area contributed by atoms with E-state index in [4.69, 9.17) is 0 Å². The third-order valence-corrected chi connectivity index (χ3v) is 7.61. The number of amides is 2. The maximum Gasteiger partial charge on any atom is 0.222 e. The van der Waals surface area contributed by atoms with Crippen LogP contribution in [0.3, 0.4) is 0 Å². The molecule has 2 amide bonds. The fourth-order valence-electron chi connectivity index (χ4n) is 4.71. The van der Waals surface area contributed by atoms with Crippen LogP contribution >= 0.6 is 0 Å². The number of hydrogen-bond donors (Lipinski definition) is 0. The minimum absolute atomic E-state index is 0.342. The zero-order valence-corrected chi connectivity index (χ0v) is 22.7. The highest BCUT2D eigenvalue weighted by Crippen LogP contribution is 2.21. The van der Waals surface area contributed by atoms with E-state index in [1.807, 2.05) is 9.80 Å². The van der Waals surface area contributed by atoms with Gasteiger partial charge in [-0.1, -0.05) is 33.8 Å². The van der Waals surface area contributed by atoms with Gasteiger partial charge in [-0.3, -0.25) is 9.59 Å². The molecule has 0 saturated carbocycles. The molecule has 3 saturated heterocycles. The Balaban J connectivity index is 0.000000249. The lowest BCUT2D eigenvalue weighted by Gasteiger charge is -2.31. The van der Waals surface area contributed by atoms with Gasteiger partial charge in [-0.05, 0) is 78.6 Å². The summed E-state index contributed by atoms with van der Waals surface area (Å²) in [6.45, 7) is 20.4. The maximum absolute atomic E-state index is 11.3. The van der Waals surface area contributed by atoms with Crippen LogP contribution in [0.25, 0.3) is 0 Å². The number of allylic oxidation sites excluding steroid dienone is 1. The van der Waals surface area contributed by atoms with Gasteiger partial charge in [0, 0.05) is 56.3 Å². The van der Waals surface area contributed by atoms with Gasteiger partial charge in [0.05, 0.1) is 0 Å². The van der Waals surface area contributed by atoms with Gasteiger partial charge < -0.3 is 14.7 Å². The van der Waals surface area contributed by atoms with Gasteiger partial charge in [-0.2, -0.15) is 0 Å². The van der Waals surface area contributed by atoms with Crippen LogP contribution in [-0.4, -0.2) is 64.3 Å². The Morgan fingerprint density at radius 3 is 1.48 bits per heavy atom. The van der Waals surface area contributed by atoms with Crippen LogP contribution in [0, 0.1) is 0 Å². The summed E-state index contributed by atoms with van der Waals surface area (Å²) in [4.78, 5) is 28.9. The van der Waals surface area contributed by atoms with Crippen molar-refractivity contribution < 1.29 is 9.59 Å². The predicted octanol–water partition coefficient (Wildman–Crippen LogP) is 6.38. The summed E-state index contributed by atoms with van der Waals surface area (Å²) in [7, 11) is 0. The lowest BCUT2D eigenvalue weighted by molar-refractivity contribution is -0.135. The molecule has 3 rings (SSSR count). The highest BCUT2D eigenvalue weighted by atomic mass is 16.2. The molecule has 0 spiro atoms. The Hall–Kier alpha value is -1.52. The van der Waals surface area contributed by atoms with Crippen molar-refractivity contribution in [2.45, 2.75) is 137 Å². The number of likely N-dealkylation sites (tertiary alicyclic amines) is 3. The molecule has 33 heavy (non-hydrogen) atoms. The summed E-state index contributed by atoms with van der Waals surface area (Å²) in [5.41, 5.74) is 1.36. The molecule has 3 fully saturated rings. The minimum atomic E-state index is 0.342. The predicted molar refractivity (Wildman–Crippen MR) is 140 cm³/mol. The molecule has 3 aliphatic rings. The summed E-state index contributed by atoms with van der Waals surface area (Å²) in [5, 5.41) is 0. The average Bonchev–Trinajstić information content (AvgIpc) is 3.14. The molecule has 0 bridgehead atoms. The summed E-state index contributed by atoms with van der Waals surface area (Å²) < 4.78 is 0. The fraction of sp³-hybridized carbons (Fsp3) is 0.857. The third-order valence-electron chi connectivity index (χ3n) is 7.61. The van der Waals surface area contributed by atoms with Crippen molar-refractivity contribution in [2.75, 3.05) is 19.6 Å². The first-order valence-corrected chi connectivity index (χ1v) is 13.8. The van der Waals surface area contributed by atoms with E-state index >= 15 is 0 Å². The Morgan fingerprint density at radius 1 is 0.606 bits per heavy atom. The Bertz CT molecular complexity index is 592. The van der Waals surface area contributed by atoms with Gasteiger partial charge in [-0.15, -0.1) is 0 Å². The number of carbonyl (C=O) groups is 2. The molecular weight excluding hydrogens is 410 g/mol. The monoisotopic (exact) mass is 463 g/mol. The molecule has 0 aromatic rings. The number of nitrogens with zero attached hydrogens (tertiary/aromatic N) is 3. The van der Waals surface area contributed by atoms with E-state index in [0.717, 1.165) is 51.6 Å². The molecular formula is C28H53N3O2. The fourth-order valence-corrected chi connectivity index (χ4v) is 4.71. The van der Waals surface area contributed by atoms with Crippen molar-refractivity contribution in [1.29, 1.82) is 0 Å². The maximum atomic E-state index is 11.3. The zero-order chi connectivity index (χ0) is 24.8. The highest BCUT2D eigenvalue weighted by Gasteiger charge is 2.23. The SMILES string of the molecule is C=C1CCCCCN1C(C)CC.CCC(C)N1CCCC1=O.CCC(C)N1CCCCC1=O. The van der Waals surface area contributed by atoms with Crippen molar-refractivity contribution in [3.63, 3.8) is 0 Å². The molecule has 0 aromatic heterocycles. The van der Waals surface area contributed by atoms with Gasteiger partial charge >= 0.3 is 0 Å². The Labute approximate surface area is 204 Å². The standard InChI is InChI=1S/C11H21N.C9H17NO.C8H15NO/c1-4-10(2)12-9-7-5-6-8-11(12)3;1-3-8(2)10-7-5-4-6-9(10)11;1-3-7(2)9-6-4-5-8(9)10/h10H,3-9H2,1-2H3;8H,3-7H2,1-2H3;7H,3-6H2,1-2H3. The molecule has 0 aromatic carbocycles. The first-order valence-electron chi connectivity index (χ1n) is 13.8. The second-order valence-corrected chi connectivity index (χ2v) is 10.1. The topological polar surface area (TPSA) is 43.9 Å². The van der Waals surface area contributed by atoms with E-state index in [1.54, 1.807) is 0 Å². The summed E-state index contributed by atoms with van der Waals surface area (Å²) >= 11 is 0. The van der Waals surface area contributed by atoms with Crippen LogP contribution < -0.4 is 0 Å². The van der Waals surface area contributed by atoms with E-state index < -0.39 is 0 Å². The van der Waals surface area contributed by atoms with Gasteiger partial charge in [-0.25, -0.2) is 0 Å². The van der Waals surface area contributed by atoms with Gasteiger partial charge in [0.1, 0.15) is 0 Å². The van der Waals surface area contributed by atoms with Gasteiger partial charge in [0.25, 0.3) is 0 Å². The molecule has 3 unspecified atom stereocenters. The van der Waals surface area contributed by atoms with Gasteiger partial charge in [0.15, 0.2) is 0 Å². The average molecular weight is 464 g/mol. The smallest absolute Gasteiger partial charge is 0.222 e. The third kappa shape index (κ3) is 10.1. The molecule has 0 N–H and O–H groups in total. The van der Waals surface area contributed by atoms with E-state index in [9.17, 15) is 9.59 Å². The molecule has 192 valence electrons. The first kappa shape index (κ1) is 29.5. The van der Waals surface area contributed by atoms with Crippen molar-refractivity contribution in [3.05, 3.63) is 12.3 Å². The minimum Gasteiger partial charge on any atom is -0.373 e. The summed E-state index contributed by atoms with van der Waals surface area (Å²) in [6, 6.07) is 1.59. The molecule has 3 heterocycles. The van der Waals surface area contributed by atoms with Crippen molar-refractivity contribution in [1.82, 2.24) is 14.7 Å². The Morgan fingerprint density at radius 2 is 1.00 bits per heavy atom. The van der Waals surface area contributed by atoms with Crippen LogP contribution in [0.2, 0.25) is 0 Å². The van der Waals surface area contributed by atoms with E-state index in [1.165, 1.54) is 50.8 Å². The van der Waals surface area contributed by atoms with Crippen LogP contribution in [0.5, 0.6) is 0 Å². The molecule has 0 radical (unpaired) electrons. The van der Waals surface area contributed by atoms with E-state index in [2.05, 4.69) is 53.0 Å². The van der Waals surface area contributed by atoms with E-state index in [-0.39, 0.29) is 0 Å². The van der Waals surface area contributed by atoms with Crippen LogP contribution in [0.15, 0.2) is 12.3 Å². The number of carbonyl (C=O) groups excluding carboxylic acids is 2. The number of rotatable bonds is 6. The molecule has 0 aliphatic carbocycles. The number of piperidine rings is 1. The Kier molecular flexibility index (Phi) is 14.5.